The Morgan fingerprint density at radius 1 is 1.04 bits per heavy atom. The Balaban J connectivity index is 1.67. The van der Waals surface area contributed by atoms with Gasteiger partial charge in [-0.2, -0.15) is 0 Å². The van der Waals surface area contributed by atoms with Gasteiger partial charge in [0.05, 0.1) is 5.52 Å². The highest BCUT2D eigenvalue weighted by atomic mass is 32.1. The average molecular weight is 380 g/mol. The van der Waals surface area contributed by atoms with Crippen molar-refractivity contribution in [3.8, 4) is 0 Å². The van der Waals surface area contributed by atoms with Crippen LogP contribution in [0.4, 0.5) is 5.69 Å². The molecule has 4 nitrogen and oxygen atoms in total. The van der Waals surface area contributed by atoms with Crippen LogP contribution in [0.25, 0.3) is 10.9 Å². The highest BCUT2D eigenvalue weighted by Gasteiger charge is 2.08. The standard InChI is InChI=1S/C22H25N3OS/c1-13-6-5-7-19(16(13)4)24-22(27)23-11-10-17-12-18-14(2)8-9-15(3)20(18)25-21(17)26/h5-9,12H,10-11H2,1-4H3,(H,25,26)(H2,23,24,27). The highest BCUT2D eigenvalue weighted by Crippen LogP contribution is 2.20. The van der Waals surface area contributed by atoms with Crippen LogP contribution >= 0.6 is 12.2 Å². The molecule has 1 aromatic heterocycles. The van der Waals surface area contributed by atoms with E-state index in [2.05, 4.69) is 48.5 Å². The minimum atomic E-state index is -0.0357. The van der Waals surface area contributed by atoms with Crippen molar-refractivity contribution in [3.63, 3.8) is 0 Å². The van der Waals surface area contributed by atoms with E-state index in [9.17, 15) is 4.79 Å². The van der Waals surface area contributed by atoms with E-state index in [1.54, 1.807) is 0 Å². The van der Waals surface area contributed by atoms with Crippen molar-refractivity contribution in [1.29, 1.82) is 0 Å². The molecule has 1 heterocycles. The number of nitrogens with one attached hydrogen (secondary N) is 3. The van der Waals surface area contributed by atoms with Gasteiger partial charge in [-0.05, 0) is 80.7 Å². The fraction of sp³-hybridized carbons (Fsp3) is 0.273. The number of fused-ring (bicyclic) bond motifs is 1. The zero-order chi connectivity index (χ0) is 19.6. The summed E-state index contributed by atoms with van der Waals surface area (Å²) < 4.78 is 0. The van der Waals surface area contributed by atoms with Gasteiger partial charge in [-0.15, -0.1) is 0 Å². The fourth-order valence-corrected chi connectivity index (χ4v) is 3.38. The van der Waals surface area contributed by atoms with E-state index >= 15 is 0 Å². The molecule has 0 aliphatic heterocycles. The van der Waals surface area contributed by atoms with Crippen LogP contribution in [0.3, 0.4) is 0 Å². The average Bonchev–Trinajstić information content (AvgIpc) is 2.63. The molecular weight excluding hydrogens is 354 g/mol. The van der Waals surface area contributed by atoms with Crippen LogP contribution in [-0.4, -0.2) is 16.6 Å². The molecule has 0 atom stereocenters. The van der Waals surface area contributed by atoms with E-state index in [0.29, 0.717) is 18.1 Å². The molecule has 2 aromatic carbocycles. The number of benzene rings is 2. The van der Waals surface area contributed by atoms with Gasteiger partial charge >= 0.3 is 0 Å². The molecule has 0 fully saturated rings. The van der Waals surface area contributed by atoms with Crippen LogP contribution < -0.4 is 16.2 Å². The van der Waals surface area contributed by atoms with Crippen molar-refractivity contribution >= 4 is 33.9 Å². The van der Waals surface area contributed by atoms with Gasteiger partial charge in [0.1, 0.15) is 0 Å². The van der Waals surface area contributed by atoms with Gasteiger partial charge in [0.2, 0.25) is 0 Å². The first-order chi connectivity index (χ1) is 12.9. The number of thiocarbonyl (C=S) groups is 1. The zero-order valence-electron chi connectivity index (χ0n) is 16.2. The number of aromatic amines is 1. The molecule has 0 spiro atoms. The molecule has 3 aromatic rings. The predicted octanol–water partition coefficient (Wildman–Crippen LogP) is 4.29. The minimum absolute atomic E-state index is 0.0357. The van der Waals surface area contributed by atoms with Gasteiger partial charge in [-0.25, -0.2) is 0 Å². The van der Waals surface area contributed by atoms with E-state index < -0.39 is 0 Å². The lowest BCUT2D eigenvalue weighted by molar-refractivity contribution is 0.863. The van der Waals surface area contributed by atoms with Crippen molar-refractivity contribution in [3.05, 3.63) is 74.6 Å². The van der Waals surface area contributed by atoms with Crippen LogP contribution in [0, 0.1) is 27.7 Å². The molecule has 0 aliphatic carbocycles. The van der Waals surface area contributed by atoms with Crippen molar-refractivity contribution < 1.29 is 0 Å². The largest absolute Gasteiger partial charge is 0.362 e. The van der Waals surface area contributed by atoms with Crippen molar-refractivity contribution in [2.75, 3.05) is 11.9 Å². The number of hydrogen-bond donors (Lipinski definition) is 3. The smallest absolute Gasteiger partial charge is 0.251 e. The molecular formula is C22H25N3OS. The van der Waals surface area contributed by atoms with E-state index in [1.165, 1.54) is 11.1 Å². The van der Waals surface area contributed by atoms with Crippen LogP contribution in [0.1, 0.15) is 27.8 Å². The number of rotatable bonds is 4. The third-order valence-electron chi connectivity index (χ3n) is 5.05. The Morgan fingerprint density at radius 2 is 1.78 bits per heavy atom. The Hall–Kier alpha value is -2.66. The lowest BCUT2D eigenvalue weighted by atomic mass is 10.0. The van der Waals surface area contributed by atoms with Crippen LogP contribution in [-0.2, 0) is 6.42 Å². The normalized spacial score (nSPS) is 10.8. The molecule has 5 heteroatoms. The Bertz CT molecular complexity index is 1070. The summed E-state index contributed by atoms with van der Waals surface area (Å²) in [6.45, 7) is 8.81. The number of anilines is 1. The maximum atomic E-state index is 12.4. The molecule has 3 rings (SSSR count). The molecule has 0 unspecified atom stereocenters. The summed E-state index contributed by atoms with van der Waals surface area (Å²) in [5.74, 6) is 0. The SMILES string of the molecule is Cc1cccc(NC(=S)NCCc2cc3c(C)ccc(C)c3[nH]c2=O)c1C. The third-order valence-corrected chi connectivity index (χ3v) is 5.30. The monoisotopic (exact) mass is 379 g/mol. The van der Waals surface area contributed by atoms with Gasteiger partial charge in [0.15, 0.2) is 5.11 Å². The van der Waals surface area contributed by atoms with E-state index in [0.717, 1.165) is 33.3 Å². The topological polar surface area (TPSA) is 56.9 Å². The maximum absolute atomic E-state index is 12.4. The molecule has 140 valence electrons. The van der Waals surface area contributed by atoms with Gasteiger partial charge in [-0.3, -0.25) is 4.79 Å². The van der Waals surface area contributed by atoms with Crippen LogP contribution in [0.5, 0.6) is 0 Å². The Kier molecular flexibility index (Phi) is 5.61. The highest BCUT2D eigenvalue weighted by molar-refractivity contribution is 7.80. The second-order valence-corrected chi connectivity index (χ2v) is 7.40. The number of hydrogen-bond acceptors (Lipinski definition) is 2. The first-order valence-corrected chi connectivity index (χ1v) is 9.51. The van der Waals surface area contributed by atoms with Gasteiger partial charge in [0.25, 0.3) is 5.56 Å². The lowest BCUT2D eigenvalue weighted by Gasteiger charge is -2.14. The summed E-state index contributed by atoms with van der Waals surface area (Å²) in [6.07, 6.45) is 0.604. The maximum Gasteiger partial charge on any atom is 0.251 e. The molecule has 0 aliphatic rings. The molecule has 0 bridgehead atoms. The molecule has 27 heavy (non-hydrogen) atoms. The third kappa shape index (κ3) is 4.19. The summed E-state index contributed by atoms with van der Waals surface area (Å²) >= 11 is 5.39. The molecule has 0 amide bonds. The molecule has 3 N–H and O–H groups in total. The predicted molar refractivity (Wildman–Crippen MR) is 118 cm³/mol. The van der Waals surface area contributed by atoms with Crippen LogP contribution in [0.2, 0.25) is 0 Å². The van der Waals surface area contributed by atoms with Crippen molar-refractivity contribution in [2.45, 2.75) is 34.1 Å². The van der Waals surface area contributed by atoms with Gasteiger partial charge < -0.3 is 15.6 Å². The zero-order valence-corrected chi connectivity index (χ0v) is 17.0. The number of aryl methyl sites for hydroxylation is 3. The van der Waals surface area contributed by atoms with Gasteiger partial charge in [0, 0.05) is 23.2 Å². The molecule has 0 saturated carbocycles. The summed E-state index contributed by atoms with van der Waals surface area (Å²) in [6, 6.07) is 12.2. The second-order valence-electron chi connectivity index (χ2n) is 6.99. The quantitative estimate of drug-likeness (QED) is 0.592. The van der Waals surface area contributed by atoms with Gasteiger partial charge in [-0.1, -0.05) is 24.3 Å². The number of pyridine rings is 1. The Morgan fingerprint density at radius 3 is 2.56 bits per heavy atom. The Labute approximate surface area is 165 Å². The van der Waals surface area contributed by atoms with E-state index in [4.69, 9.17) is 12.2 Å². The summed E-state index contributed by atoms with van der Waals surface area (Å²) in [7, 11) is 0. The number of H-pyrrole nitrogens is 1. The van der Waals surface area contributed by atoms with E-state index in [1.807, 2.05) is 31.2 Å². The van der Waals surface area contributed by atoms with E-state index in [-0.39, 0.29) is 5.56 Å². The molecule has 0 saturated heterocycles. The first kappa shape index (κ1) is 19.1. The fourth-order valence-electron chi connectivity index (χ4n) is 3.17. The number of aromatic nitrogens is 1. The molecule has 0 radical (unpaired) electrons. The summed E-state index contributed by atoms with van der Waals surface area (Å²) in [4.78, 5) is 15.4. The minimum Gasteiger partial charge on any atom is -0.362 e. The van der Waals surface area contributed by atoms with Crippen molar-refractivity contribution in [1.82, 2.24) is 10.3 Å². The second kappa shape index (κ2) is 7.92. The van der Waals surface area contributed by atoms with Crippen molar-refractivity contribution in [2.24, 2.45) is 0 Å². The first-order valence-electron chi connectivity index (χ1n) is 9.10. The summed E-state index contributed by atoms with van der Waals surface area (Å²) in [5, 5.41) is 8.09. The lowest BCUT2D eigenvalue weighted by Crippen LogP contribution is -2.31. The van der Waals surface area contributed by atoms with Crippen LogP contribution in [0.15, 0.2) is 41.2 Å². The summed E-state index contributed by atoms with van der Waals surface area (Å²) in [5.41, 5.74) is 7.29.